The number of alkyl halides is 3. The number of carbonyl (C=O) groups excluding carboxylic acids is 1. The highest BCUT2D eigenvalue weighted by Crippen LogP contribution is 2.32. The van der Waals surface area contributed by atoms with Crippen LogP contribution in [0.3, 0.4) is 0 Å². The van der Waals surface area contributed by atoms with Crippen molar-refractivity contribution in [3.05, 3.63) is 51.5 Å². The normalized spacial score (nSPS) is 11.7. The van der Waals surface area contributed by atoms with Gasteiger partial charge in [-0.2, -0.15) is 17.7 Å². The van der Waals surface area contributed by atoms with E-state index in [2.05, 4.69) is 0 Å². The van der Waals surface area contributed by atoms with Crippen molar-refractivity contribution in [2.75, 3.05) is 6.61 Å². The van der Waals surface area contributed by atoms with Crippen molar-refractivity contribution < 1.29 is 27.6 Å². The molecular formula is C15H15F3NO2S+. The average molecular weight is 330 g/mol. The van der Waals surface area contributed by atoms with E-state index >= 15 is 0 Å². The minimum Gasteiger partial charge on any atom is -0.396 e. The molecule has 3 nitrogen and oxygen atoms in total. The van der Waals surface area contributed by atoms with Crippen LogP contribution in [0.1, 0.15) is 26.5 Å². The first kappa shape index (κ1) is 16.6. The summed E-state index contributed by atoms with van der Waals surface area (Å²) in [5.41, 5.74) is 1.24. The molecule has 0 bridgehead atoms. The Morgan fingerprint density at radius 3 is 2.64 bits per heavy atom. The van der Waals surface area contributed by atoms with Gasteiger partial charge in [0.1, 0.15) is 0 Å². The highest BCUT2D eigenvalue weighted by Gasteiger charge is 2.35. The van der Waals surface area contributed by atoms with Crippen LogP contribution < -0.4 is 4.57 Å². The fraction of sp³-hybridized carbons (Fsp3) is 0.333. The number of aliphatic hydroxyl groups is 1. The fourth-order valence-corrected chi connectivity index (χ4v) is 3.15. The van der Waals surface area contributed by atoms with E-state index in [-0.39, 0.29) is 18.7 Å². The van der Waals surface area contributed by atoms with Gasteiger partial charge in [0, 0.05) is 25.5 Å². The number of rotatable bonds is 5. The van der Waals surface area contributed by atoms with Crippen molar-refractivity contribution in [2.45, 2.75) is 26.1 Å². The van der Waals surface area contributed by atoms with Crippen LogP contribution in [0.25, 0.3) is 0 Å². The third-order valence-electron chi connectivity index (χ3n) is 3.34. The fourth-order valence-electron chi connectivity index (χ4n) is 2.16. The number of halogens is 3. The number of thiazole rings is 1. The molecule has 1 aromatic carbocycles. The number of aromatic nitrogens is 1. The lowest BCUT2D eigenvalue weighted by Crippen LogP contribution is -2.39. The molecule has 7 heteroatoms. The maximum atomic E-state index is 12.9. The van der Waals surface area contributed by atoms with E-state index < -0.39 is 17.5 Å². The summed E-state index contributed by atoms with van der Waals surface area (Å²) >= 11 is 1.38. The van der Waals surface area contributed by atoms with Gasteiger partial charge in [-0.15, -0.1) is 0 Å². The van der Waals surface area contributed by atoms with E-state index in [1.54, 1.807) is 17.0 Å². The molecule has 22 heavy (non-hydrogen) atoms. The van der Waals surface area contributed by atoms with Crippen molar-refractivity contribution in [2.24, 2.45) is 0 Å². The zero-order chi connectivity index (χ0) is 16.3. The van der Waals surface area contributed by atoms with Crippen molar-refractivity contribution in [1.82, 2.24) is 0 Å². The van der Waals surface area contributed by atoms with Gasteiger partial charge in [0.2, 0.25) is 17.8 Å². The summed E-state index contributed by atoms with van der Waals surface area (Å²) in [6, 6.07) is 4.80. The molecule has 0 spiro atoms. The number of aliphatic hydroxyl groups excluding tert-OH is 1. The molecule has 0 atom stereocenters. The molecular weight excluding hydrogens is 315 g/mol. The summed E-state index contributed by atoms with van der Waals surface area (Å²) in [5.74, 6) is -0.589. The van der Waals surface area contributed by atoms with E-state index in [0.717, 1.165) is 16.6 Å². The van der Waals surface area contributed by atoms with Crippen LogP contribution in [-0.2, 0) is 19.1 Å². The molecule has 0 amide bonds. The van der Waals surface area contributed by atoms with Crippen molar-refractivity contribution in [1.29, 1.82) is 0 Å². The van der Waals surface area contributed by atoms with Crippen molar-refractivity contribution >= 4 is 17.1 Å². The highest BCUT2D eigenvalue weighted by molar-refractivity contribution is 7.09. The average Bonchev–Trinajstić information content (AvgIpc) is 2.80. The second-order valence-corrected chi connectivity index (χ2v) is 5.74. The SMILES string of the molecule is Cc1c(CCO)sc[n+]1CC(=O)c1ccccc1C(F)(F)F. The molecule has 0 radical (unpaired) electrons. The molecule has 118 valence electrons. The maximum Gasteiger partial charge on any atom is 0.417 e. The zero-order valence-electron chi connectivity index (χ0n) is 11.9. The summed E-state index contributed by atoms with van der Waals surface area (Å²) in [6.45, 7) is 1.62. The monoisotopic (exact) mass is 330 g/mol. The lowest BCUT2D eigenvalue weighted by Gasteiger charge is -2.10. The van der Waals surface area contributed by atoms with Gasteiger partial charge in [-0.3, -0.25) is 4.79 Å². The van der Waals surface area contributed by atoms with Gasteiger partial charge in [-0.05, 0) is 6.07 Å². The van der Waals surface area contributed by atoms with Gasteiger partial charge in [0.15, 0.2) is 5.69 Å². The van der Waals surface area contributed by atoms with Crippen LogP contribution in [0.2, 0.25) is 0 Å². The van der Waals surface area contributed by atoms with E-state index in [1.807, 2.05) is 0 Å². The Hall–Kier alpha value is -1.73. The molecule has 1 N–H and O–H groups in total. The van der Waals surface area contributed by atoms with Crippen molar-refractivity contribution in [3.8, 4) is 0 Å². The summed E-state index contributed by atoms with van der Waals surface area (Å²) in [6.07, 6.45) is -4.08. The predicted octanol–water partition coefficient (Wildman–Crippen LogP) is 2.78. The van der Waals surface area contributed by atoms with Crippen LogP contribution in [-0.4, -0.2) is 17.5 Å². The molecule has 0 aliphatic carbocycles. The molecule has 0 aliphatic rings. The first-order chi connectivity index (χ1) is 10.3. The van der Waals surface area contributed by atoms with Gasteiger partial charge >= 0.3 is 6.18 Å². The smallest absolute Gasteiger partial charge is 0.396 e. The third-order valence-corrected chi connectivity index (χ3v) is 4.49. The zero-order valence-corrected chi connectivity index (χ0v) is 12.7. The standard InChI is InChI=1S/C15H15F3NO2S/c1-10-14(6-7-20)22-9-19(10)8-13(21)11-4-2-3-5-12(11)15(16,17)18/h2-5,9,20H,6-8H2,1H3/q+1. The minimum atomic E-state index is -4.55. The molecule has 0 unspecified atom stereocenters. The summed E-state index contributed by atoms with van der Waals surface area (Å²) in [7, 11) is 0. The highest BCUT2D eigenvalue weighted by atomic mass is 32.1. The van der Waals surface area contributed by atoms with E-state index in [0.29, 0.717) is 6.42 Å². The Morgan fingerprint density at radius 1 is 1.32 bits per heavy atom. The van der Waals surface area contributed by atoms with Crippen LogP contribution >= 0.6 is 11.3 Å². The topological polar surface area (TPSA) is 41.2 Å². The van der Waals surface area contributed by atoms with Crippen LogP contribution in [0.5, 0.6) is 0 Å². The Bertz CT molecular complexity index is 680. The number of carbonyl (C=O) groups is 1. The van der Waals surface area contributed by atoms with Gasteiger partial charge in [0.25, 0.3) is 0 Å². The van der Waals surface area contributed by atoms with Crippen LogP contribution in [0.15, 0.2) is 29.8 Å². The number of benzene rings is 1. The molecule has 0 fully saturated rings. The maximum absolute atomic E-state index is 12.9. The van der Waals surface area contributed by atoms with Crippen molar-refractivity contribution in [3.63, 3.8) is 0 Å². The van der Waals surface area contributed by atoms with Crippen LogP contribution in [0.4, 0.5) is 13.2 Å². The van der Waals surface area contributed by atoms with Gasteiger partial charge in [0.05, 0.1) is 10.4 Å². The molecule has 0 aliphatic heterocycles. The van der Waals surface area contributed by atoms with Gasteiger partial charge < -0.3 is 5.11 Å². The first-order valence-electron chi connectivity index (χ1n) is 6.61. The number of hydrogen-bond donors (Lipinski definition) is 1. The van der Waals surface area contributed by atoms with E-state index in [9.17, 15) is 18.0 Å². The number of nitrogens with zero attached hydrogens (tertiary/aromatic N) is 1. The molecule has 0 saturated carbocycles. The Labute approximate surface area is 129 Å². The lowest BCUT2D eigenvalue weighted by molar-refractivity contribution is -0.684. The van der Waals surface area contributed by atoms with Gasteiger partial charge in [-0.25, -0.2) is 0 Å². The van der Waals surface area contributed by atoms with Crippen LogP contribution in [0, 0.1) is 6.92 Å². The largest absolute Gasteiger partial charge is 0.417 e. The third kappa shape index (κ3) is 3.53. The number of hydrogen-bond acceptors (Lipinski definition) is 3. The van der Waals surface area contributed by atoms with E-state index in [1.165, 1.54) is 29.5 Å². The van der Waals surface area contributed by atoms with Gasteiger partial charge in [-0.1, -0.05) is 29.5 Å². The Morgan fingerprint density at radius 2 is 2.00 bits per heavy atom. The van der Waals surface area contributed by atoms with E-state index in [4.69, 9.17) is 5.11 Å². The number of ketones is 1. The minimum absolute atomic E-state index is 0.00773. The number of Topliss-reactive ketones (excluding diaryl/α,β-unsaturated/α-hetero) is 1. The second-order valence-electron chi connectivity index (χ2n) is 4.80. The lowest BCUT2D eigenvalue weighted by atomic mass is 10.0. The molecule has 2 aromatic rings. The molecule has 1 aromatic heterocycles. The Kier molecular flexibility index (Phi) is 4.97. The molecule has 1 heterocycles. The summed E-state index contributed by atoms with van der Waals surface area (Å²) in [4.78, 5) is 13.2. The Balaban J connectivity index is 2.27. The second kappa shape index (κ2) is 6.58. The predicted molar refractivity (Wildman–Crippen MR) is 75.8 cm³/mol. The quantitative estimate of drug-likeness (QED) is 0.676. The molecule has 0 saturated heterocycles. The summed E-state index contributed by atoms with van der Waals surface area (Å²) in [5, 5.41) is 8.94. The molecule has 2 rings (SSSR count). The summed E-state index contributed by atoms with van der Waals surface area (Å²) < 4.78 is 40.5. The first-order valence-corrected chi connectivity index (χ1v) is 7.49.